The number of para-hydroxylation sites is 1. The number of hydrazine groups is 1. The first-order valence-corrected chi connectivity index (χ1v) is 6.54. The van der Waals surface area contributed by atoms with Crippen LogP contribution < -0.4 is 15.8 Å². The van der Waals surface area contributed by atoms with Gasteiger partial charge in [-0.2, -0.15) is 0 Å². The van der Waals surface area contributed by atoms with Gasteiger partial charge < -0.3 is 4.90 Å². The SMILES string of the molecule is CN1CCC(NC2C=CN(c3ccccc3)N2)C1. The van der Waals surface area contributed by atoms with E-state index in [4.69, 9.17) is 0 Å². The Balaban J connectivity index is 1.55. The molecule has 1 aromatic carbocycles. The Bertz CT molecular complexity index is 417. The standard InChI is InChI=1S/C14H20N4/c1-17-9-7-12(11-17)15-14-8-10-18(16-14)13-5-3-2-4-6-13/h2-6,8,10,12,14-16H,7,9,11H2,1H3. The maximum absolute atomic E-state index is 3.63. The number of hydrogen-bond acceptors (Lipinski definition) is 4. The predicted octanol–water partition coefficient (Wildman–Crippen LogP) is 1.14. The number of nitrogens with zero attached hydrogens (tertiary/aromatic N) is 2. The highest BCUT2D eigenvalue weighted by Crippen LogP contribution is 2.15. The van der Waals surface area contributed by atoms with Crippen LogP contribution in [0.25, 0.3) is 0 Å². The van der Waals surface area contributed by atoms with E-state index in [1.807, 2.05) is 6.07 Å². The second-order valence-electron chi connectivity index (χ2n) is 5.07. The van der Waals surface area contributed by atoms with Gasteiger partial charge in [0.25, 0.3) is 0 Å². The fourth-order valence-corrected chi connectivity index (χ4v) is 2.58. The van der Waals surface area contributed by atoms with Gasteiger partial charge in [-0.15, -0.1) is 0 Å². The average molecular weight is 244 g/mol. The highest BCUT2D eigenvalue weighted by molar-refractivity contribution is 5.49. The van der Waals surface area contributed by atoms with Crippen LogP contribution in [-0.4, -0.2) is 37.2 Å². The second kappa shape index (κ2) is 5.10. The van der Waals surface area contributed by atoms with Gasteiger partial charge >= 0.3 is 0 Å². The molecule has 2 unspecified atom stereocenters. The summed E-state index contributed by atoms with van der Waals surface area (Å²) in [4.78, 5) is 2.37. The molecule has 0 spiro atoms. The molecular weight excluding hydrogens is 224 g/mol. The van der Waals surface area contributed by atoms with E-state index in [-0.39, 0.29) is 6.17 Å². The zero-order chi connectivity index (χ0) is 12.4. The van der Waals surface area contributed by atoms with Crippen LogP contribution in [0.3, 0.4) is 0 Å². The molecule has 0 bridgehead atoms. The summed E-state index contributed by atoms with van der Waals surface area (Å²) in [5.74, 6) is 0. The molecule has 2 atom stereocenters. The molecule has 1 aromatic rings. The Hall–Kier alpha value is -1.36. The number of anilines is 1. The van der Waals surface area contributed by atoms with Crippen molar-refractivity contribution in [1.29, 1.82) is 0 Å². The van der Waals surface area contributed by atoms with Gasteiger partial charge in [-0.05, 0) is 38.2 Å². The molecule has 0 radical (unpaired) electrons. The van der Waals surface area contributed by atoms with E-state index in [1.165, 1.54) is 18.7 Å². The smallest absolute Gasteiger partial charge is 0.0963 e. The van der Waals surface area contributed by atoms with Gasteiger partial charge in [0.05, 0.1) is 11.9 Å². The number of nitrogens with one attached hydrogen (secondary N) is 2. The molecule has 4 nitrogen and oxygen atoms in total. The Kier molecular flexibility index (Phi) is 3.32. The van der Waals surface area contributed by atoms with Gasteiger partial charge in [0.1, 0.15) is 0 Å². The zero-order valence-corrected chi connectivity index (χ0v) is 10.7. The minimum Gasteiger partial charge on any atom is -0.305 e. The van der Waals surface area contributed by atoms with Crippen molar-refractivity contribution < 1.29 is 0 Å². The maximum atomic E-state index is 3.63. The molecule has 2 aliphatic rings. The number of benzene rings is 1. The number of likely N-dealkylation sites (N-methyl/N-ethyl adjacent to an activating group) is 1. The van der Waals surface area contributed by atoms with Crippen molar-refractivity contribution in [1.82, 2.24) is 15.6 Å². The minimum absolute atomic E-state index is 0.238. The van der Waals surface area contributed by atoms with E-state index in [0.717, 1.165) is 6.54 Å². The van der Waals surface area contributed by atoms with Crippen LogP contribution in [0.1, 0.15) is 6.42 Å². The fourth-order valence-electron chi connectivity index (χ4n) is 2.58. The fraction of sp³-hybridized carbons (Fsp3) is 0.429. The molecule has 1 saturated heterocycles. The van der Waals surface area contributed by atoms with Gasteiger partial charge in [0, 0.05) is 18.8 Å². The Morgan fingerprint density at radius 2 is 2.11 bits per heavy atom. The maximum Gasteiger partial charge on any atom is 0.0963 e. The van der Waals surface area contributed by atoms with Crippen molar-refractivity contribution in [2.24, 2.45) is 0 Å². The lowest BCUT2D eigenvalue weighted by molar-refractivity contribution is 0.382. The summed E-state index contributed by atoms with van der Waals surface area (Å²) >= 11 is 0. The average Bonchev–Trinajstić information content (AvgIpc) is 3.01. The lowest BCUT2D eigenvalue weighted by atomic mass is 10.2. The molecule has 18 heavy (non-hydrogen) atoms. The van der Waals surface area contributed by atoms with Crippen LogP contribution in [0.4, 0.5) is 5.69 Å². The summed E-state index contributed by atoms with van der Waals surface area (Å²) in [6, 6.07) is 10.9. The lowest BCUT2D eigenvalue weighted by Crippen LogP contribution is -2.48. The topological polar surface area (TPSA) is 30.5 Å². The molecule has 2 aliphatic heterocycles. The largest absolute Gasteiger partial charge is 0.305 e. The lowest BCUT2D eigenvalue weighted by Gasteiger charge is -2.22. The molecule has 4 heteroatoms. The molecular formula is C14H20N4. The minimum atomic E-state index is 0.238. The Morgan fingerprint density at radius 3 is 2.83 bits per heavy atom. The van der Waals surface area contributed by atoms with Crippen molar-refractivity contribution in [2.45, 2.75) is 18.6 Å². The van der Waals surface area contributed by atoms with Gasteiger partial charge in [0.15, 0.2) is 0 Å². The van der Waals surface area contributed by atoms with Crippen molar-refractivity contribution in [3.05, 3.63) is 42.6 Å². The van der Waals surface area contributed by atoms with E-state index >= 15 is 0 Å². The van der Waals surface area contributed by atoms with Crippen LogP contribution >= 0.6 is 0 Å². The number of likely N-dealkylation sites (tertiary alicyclic amines) is 1. The summed E-state index contributed by atoms with van der Waals surface area (Å²) in [6.07, 6.45) is 5.73. The molecule has 2 heterocycles. The van der Waals surface area contributed by atoms with Crippen molar-refractivity contribution in [2.75, 3.05) is 25.1 Å². The third-order valence-corrected chi connectivity index (χ3v) is 3.55. The predicted molar refractivity (Wildman–Crippen MR) is 74.0 cm³/mol. The summed E-state index contributed by atoms with van der Waals surface area (Å²) in [7, 11) is 2.18. The second-order valence-corrected chi connectivity index (χ2v) is 5.07. The highest BCUT2D eigenvalue weighted by atomic mass is 15.6. The van der Waals surface area contributed by atoms with E-state index < -0.39 is 0 Å². The summed E-state index contributed by atoms with van der Waals surface area (Å²) in [5.41, 5.74) is 4.61. The molecule has 0 aliphatic carbocycles. The first-order valence-electron chi connectivity index (χ1n) is 6.54. The monoisotopic (exact) mass is 244 g/mol. The third kappa shape index (κ3) is 2.56. The van der Waals surface area contributed by atoms with Crippen molar-refractivity contribution >= 4 is 5.69 Å². The Labute approximate surface area is 108 Å². The first-order chi connectivity index (χ1) is 8.81. The van der Waals surface area contributed by atoms with Gasteiger partial charge in [-0.1, -0.05) is 18.2 Å². The zero-order valence-electron chi connectivity index (χ0n) is 10.7. The quantitative estimate of drug-likeness (QED) is 0.835. The molecule has 3 rings (SSSR count). The summed E-state index contributed by atoms with van der Waals surface area (Å²) < 4.78 is 0. The molecule has 1 fully saturated rings. The number of hydrogen-bond donors (Lipinski definition) is 2. The first kappa shape index (κ1) is 11.7. The van der Waals surface area contributed by atoms with E-state index in [9.17, 15) is 0 Å². The number of rotatable bonds is 3. The van der Waals surface area contributed by atoms with Crippen LogP contribution in [0.2, 0.25) is 0 Å². The van der Waals surface area contributed by atoms with Gasteiger partial charge in [0.2, 0.25) is 0 Å². The van der Waals surface area contributed by atoms with Crippen LogP contribution in [-0.2, 0) is 0 Å². The van der Waals surface area contributed by atoms with E-state index in [2.05, 4.69) is 64.2 Å². The molecule has 0 saturated carbocycles. The van der Waals surface area contributed by atoms with E-state index in [0.29, 0.717) is 6.04 Å². The summed E-state index contributed by atoms with van der Waals surface area (Å²) in [5, 5.41) is 5.69. The van der Waals surface area contributed by atoms with Crippen molar-refractivity contribution in [3.8, 4) is 0 Å². The molecule has 0 amide bonds. The molecule has 0 aromatic heterocycles. The molecule has 2 N–H and O–H groups in total. The normalized spacial score (nSPS) is 28.2. The van der Waals surface area contributed by atoms with Crippen LogP contribution in [0.5, 0.6) is 0 Å². The Morgan fingerprint density at radius 1 is 1.28 bits per heavy atom. The summed E-state index contributed by atoms with van der Waals surface area (Å²) in [6.45, 7) is 2.33. The van der Waals surface area contributed by atoms with Gasteiger partial charge in [-0.25, -0.2) is 5.43 Å². The highest BCUT2D eigenvalue weighted by Gasteiger charge is 2.23. The molecule has 96 valence electrons. The van der Waals surface area contributed by atoms with Crippen LogP contribution in [0, 0.1) is 0 Å². The van der Waals surface area contributed by atoms with Gasteiger partial charge in [-0.3, -0.25) is 10.3 Å². The van der Waals surface area contributed by atoms with Crippen molar-refractivity contribution in [3.63, 3.8) is 0 Å². The van der Waals surface area contributed by atoms with E-state index in [1.54, 1.807) is 0 Å². The third-order valence-electron chi connectivity index (χ3n) is 3.55. The van der Waals surface area contributed by atoms with Crippen LogP contribution in [0.15, 0.2) is 42.6 Å².